The van der Waals surface area contributed by atoms with Gasteiger partial charge in [0.05, 0.1) is 15.9 Å². The number of aromatic nitrogens is 2. The molecule has 0 unspecified atom stereocenters. The molecule has 0 aliphatic heterocycles. The first kappa shape index (κ1) is 15.1. The van der Waals surface area contributed by atoms with Crippen molar-refractivity contribution in [2.75, 3.05) is 0 Å². The molecule has 0 aliphatic rings. The minimum absolute atomic E-state index is 0.469. The van der Waals surface area contributed by atoms with Crippen LogP contribution >= 0.6 is 15.9 Å². The van der Waals surface area contributed by atoms with E-state index in [2.05, 4.69) is 26.3 Å². The summed E-state index contributed by atoms with van der Waals surface area (Å²) >= 11 is 3.54. The van der Waals surface area contributed by atoms with E-state index < -0.39 is 11.6 Å². The van der Waals surface area contributed by atoms with Gasteiger partial charge in [0.25, 0.3) is 0 Å². The normalized spacial score (nSPS) is 11.1. The van der Waals surface area contributed by atoms with Crippen molar-refractivity contribution in [2.45, 2.75) is 26.4 Å². The highest BCUT2D eigenvalue weighted by Gasteiger charge is 2.11. The van der Waals surface area contributed by atoms with Crippen molar-refractivity contribution in [3.63, 3.8) is 0 Å². The van der Waals surface area contributed by atoms with Crippen LogP contribution in [-0.2, 0) is 26.6 Å². The van der Waals surface area contributed by atoms with E-state index >= 15 is 0 Å². The van der Waals surface area contributed by atoms with E-state index in [-0.39, 0.29) is 0 Å². The number of aryl methyl sites for hydroxylation is 2. The fourth-order valence-electron chi connectivity index (χ4n) is 1.99. The van der Waals surface area contributed by atoms with Crippen LogP contribution in [0.4, 0.5) is 8.78 Å². The van der Waals surface area contributed by atoms with Gasteiger partial charge in [-0.3, -0.25) is 4.68 Å². The zero-order chi connectivity index (χ0) is 14.7. The standard InChI is InChI=1S/C14H16BrF2N3/c1-3-12-14(15)13(20(2)19-12)8-18-7-9-4-5-10(16)11(17)6-9/h4-6,18H,3,7-8H2,1-2H3. The molecule has 20 heavy (non-hydrogen) atoms. The monoisotopic (exact) mass is 343 g/mol. The molecule has 0 saturated carbocycles. The second-order valence-electron chi connectivity index (χ2n) is 4.54. The van der Waals surface area contributed by atoms with Gasteiger partial charge in [0.2, 0.25) is 0 Å². The van der Waals surface area contributed by atoms with Gasteiger partial charge in [0, 0.05) is 20.1 Å². The fraction of sp³-hybridized carbons (Fsp3) is 0.357. The summed E-state index contributed by atoms with van der Waals surface area (Å²) in [6, 6.07) is 3.92. The Kier molecular flexibility index (Phi) is 4.88. The molecule has 2 aromatic rings. The van der Waals surface area contributed by atoms with E-state index in [0.717, 1.165) is 28.3 Å². The van der Waals surface area contributed by atoms with Gasteiger partial charge in [-0.05, 0) is 40.0 Å². The lowest BCUT2D eigenvalue weighted by Gasteiger charge is -2.06. The molecule has 0 atom stereocenters. The van der Waals surface area contributed by atoms with Crippen LogP contribution in [0.25, 0.3) is 0 Å². The molecule has 1 aromatic heterocycles. The molecule has 108 valence electrons. The average Bonchev–Trinajstić information content (AvgIpc) is 2.70. The van der Waals surface area contributed by atoms with Crippen molar-refractivity contribution < 1.29 is 8.78 Å². The van der Waals surface area contributed by atoms with Gasteiger partial charge >= 0.3 is 0 Å². The predicted octanol–water partition coefficient (Wildman–Crippen LogP) is 3.31. The Morgan fingerprint density at radius 2 is 2.00 bits per heavy atom. The van der Waals surface area contributed by atoms with Crippen LogP contribution in [-0.4, -0.2) is 9.78 Å². The second kappa shape index (κ2) is 6.45. The third-order valence-electron chi connectivity index (χ3n) is 3.11. The minimum atomic E-state index is -0.823. The molecule has 1 N–H and O–H groups in total. The van der Waals surface area contributed by atoms with Crippen LogP contribution in [0.15, 0.2) is 22.7 Å². The van der Waals surface area contributed by atoms with Crippen molar-refractivity contribution in [3.05, 3.63) is 51.3 Å². The Morgan fingerprint density at radius 3 is 2.60 bits per heavy atom. The largest absolute Gasteiger partial charge is 0.307 e. The Balaban J connectivity index is 1.99. The highest BCUT2D eigenvalue weighted by atomic mass is 79.9. The molecular formula is C14H16BrF2N3. The van der Waals surface area contributed by atoms with Crippen LogP contribution in [0.1, 0.15) is 23.9 Å². The molecule has 0 aliphatic carbocycles. The van der Waals surface area contributed by atoms with Crippen molar-refractivity contribution in [1.29, 1.82) is 0 Å². The van der Waals surface area contributed by atoms with Gasteiger partial charge in [-0.1, -0.05) is 13.0 Å². The first-order chi connectivity index (χ1) is 9.52. The summed E-state index contributed by atoms with van der Waals surface area (Å²) in [7, 11) is 1.89. The Labute approximate surface area is 125 Å². The van der Waals surface area contributed by atoms with Crippen LogP contribution in [0, 0.1) is 11.6 Å². The highest BCUT2D eigenvalue weighted by molar-refractivity contribution is 9.10. The number of rotatable bonds is 5. The number of hydrogen-bond acceptors (Lipinski definition) is 2. The summed E-state index contributed by atoms with van der Waals surface area (Å²) in [6.45, 7) is 3.12. The Morgan fingerprint density at radius 1 is 1.25 bits per heavy atom. The van der Waals surface area contributed by atoms with Crippen LogP contribution < -0.4 is 5.32 Å². The van der Waals surface area contributed by atoms with Crippen molar-refractivity contribution in [2.24, 2.45) is 7.05 Å². The Bertz CT molecular complexity index is 611. The molecule has 0 bridgehead atoms. The van der Waals surface area contributed by atoms with Crippen molar-refractivity contribution in [3.8, 4) is 0 Å². The summed E-state index contributed by atoms with van der Waals surface area (Å²) in [5.74, 6) is -1.64. The number of hydrogen-bond donors (Lipinski definition) is 1. The predicted molar refractivity (Wildman–Crippen MR) is 77.2 cm³/mol. The SMILES string of the molecule is CCc1nn(C)c(CNCc2ccc(F)c(F)c2)c1Br. The average molecular weight is 344 g/mol. The van der Waals surface area contributed by atoms with E-state index in [0.29, 0.717) is 18.7 Å². The van der Waals surface area contributed by atoms with Gasteiger partial charge in [0.1, 0.15) is 0 Å². The summed E-state index contributed by atoms with van der Waals surface area (Å²) in [4.78, 5) is 0. The molecule has 1 heterocycles. The van der Waals surface area contributed by atoms with E-state index in [9.17, 15) is 8.78 Å². The minimum Gasteiger partial charge on any atom is -0.307 e. The molecule has 6 heteroatoms. The number of nitrogens with one attached hydrogen (secondary N) is 1. The fourth-order valence-corrected chi connectivity index (χ4v) is 2.74. The molecule has 2 rings (SSSR count). The smallest absolute Gasteiger partial charge is 0.159 e. The van der Waals surface area contributed by atoms with E-state index in [1.165, 1.54) is 6.07 Å². The lowest BCUT2D eigenvalue weighted by atomic mass is 10.2. The molecule has 0 fully saturated rings. The maximum atomic E-state index is 13.1. The highest BCUT2D eigenvalue weighted by Crippen LogP contribution is 2.21. The first-order valence-electron chi connectivity index (χ1n) is 6.37. The van der Waals surface area contributed by atoms with Crippen LogP contribution in [0.3, 0.4) is 0 Å². The van der Waals surface area contributed by atoms with Gasteiger partial charge in [0.15, 0.2) is 11.6 Å². The zero-order valence-electron chi connectivity index (χ0n) is 11.4. The van der Waals surface area contributed by atoms with Crippen LogP contribution in [0.5, 0.6) is 0 Å². The van der Waals surface area contributed by atoms with Crippen molar-refractivity contribution >= 4 is 15.9 Å². The van der Waals surface area contributed by atoms with Gasteiger partial charge in [-0.2, -0.15) is 5.10 Å². The molecule has 0 radical (unpaired) electrons. The summed E-state index contributed by atoms with van der Waals surface area (Å²) in [5.41, 5.74) is 2.75. The summed E-state index contributed by atoms with van der Waals surface area (Å²) in [6.07, 6.45) is 0.859. The first-order valence-corrected chi connectivity index (χ1v) is 7.17. The molecular weight excluding hydrogens is 328 g/mol. The van der Waals surface area contributed by atoms with Crippen molar-refractivity contribution in [1.82, 2.24) is 15.1 Å². The number of nitrogens with zero attached hydrogens (tertiary/aromatic N) is 2. The lowest BCUT2D eigenvalue weighted by Crippen LogP contribution is -2.15. The van der Waals surface area contributed by atoms with E-state index in [4.69, 9.17) is 0 Å². The zero-order valence-corrected chi connectivity index (χ0v) is 13.0. The third-order valence-corrected chi connectivity index (χ3v) is 4.02. The van der Waals surface area contributed by atoms with E-state index in [1.54, 1.807) is 6.07 Å². The third kappa shape index (κ3) is 3.24. The van der Waals surface area contributed by atoms with Gasteiger partial charge in [-0.15, -0.1) is 0 Å². The van der Waals surface area contributed by atoms with Crippen LogP contribution in [0.2, 0.25) is 0 Å². The second-order valence-corrected chi connectivity index (χ2v) is 5.33. The lowest BCUT2D eigenvalue weighted by molar-refractivity contribution is 0.505. The number of halogens is 3. The quantitative estimate of drug-likeness (QED) is 0.902. The maximum absolute atomic E-state index is 13.1. The maximum Gasteiger partial charge on any atom is 0.159 e. The molecule has 3 nitrogen and oxygen atoms in total. The van der Waals surface area contributed by atoms with E-state index in [1.807, 2.05) is 18.7 Å². The molecule has 1 aromatic carbocycles. The summed E-state index contributed by atoms with van der Waals surface area (Å²) < 4.78 is 28.7. The summed E-state index contributed by atoms with van der Waals surface area (Å²) in [5, 5.41) is 7.60. The van der Waals surface area contributed by atoms with Gasteiger partial charge in [-0.25, -0.2) is 8.78 Å². The van der Waals surface area contributed by atoms with Gasteiger partial charge < -0.3 is 5.32 Å². The number of benzene rings is 1. The molecule has 0 amide bonds. The molecule has 0 spiro atoms. The topological polar surface area (TPSA) is 29.9 Å². The molecule has 0 saturated heterocycles. The Hall–Kier alpha value is -1.27.